The standard InChI is InChI=1S/C27H26N2O2/c1-20(28-31-19-22-11-6-4-7-12-22)26-18-27(23-13-8-5-9-14-23)29(21(26)2)24-15-10-16-25(17-24)30-3/h4-18H,19H2,1-3H3/b28-20+. The van der Waals surface area contributed by atoms with Crippen LogP contribution in [0.1, 0.15) is 23.7 Å². The quantitative estimate of drug-likeness (QED) is 0.261. The molecule has 0 saturated heterocycles. The maximum absolute atomic E-state index is 5.65. The number of methoxy groups -OCH3 is 1. The van der Waals surface area contributed by atoms with Crippen molar-refractivity contribution in [2.75, 3.05) is 7.11 Å². The Bertz CT molecular complexity index is 1180. The maximum Gasteiger partial charge on any atom is 0.142 e. The highest BCUT2D eigenvalue weighted by atomic mass is 16.6. The van der Waals surface area contributed by atoms with E-state index in [-0.39, 0.29) is 0 Å². The van der Waals surface area contributed by atoms with E-state index < -0.39 is 0 Å². The predicted molar refractivity (Wildman–Crippen MR) is 126 cm³/mol. The van der Waals surface area contributed by atoms with E-state index in [1.54, 1.807) is 7.11 Å². The molecule has 0 saturated carbocycles. The third-order valence-corrected chi connectivity index (χ3v) is 5.29. The second-order valence-corrected chi connectivity index (χ2v) is 7.37. The van der Waals surface area contributed by atoms with E-state index in [1.807, 2.05) is 61.5 Å². The Kier molecular flexibility index (Phi) is 6.18. The molecule has 0 radical (unpaired) electrons. The zero-order chi connectivity index (χ0) is 21.6. The summed E-state index contributed by atoms with van der Waals surface area (Å²) < 4.78 is 7.69. The molecule has 4 heteroatoms. The molecule has 0 aliphatic rings. The average Bonchev–Trinajstić information content (AvgIpc) is 3.17. The van der Waals surface area contributed by atoms with Crippen LogP contribution < -0.4 is 4.74 Å². The van der Waals surface area contributed by atoms with E-state index >= 15 is 0 Å². The molecule has 0 spiro atoms. The first kappa shape index (κ1) is 20.5. The molecule has 4 rings (SSSR count). The summed E-state index contributed by atoms with van der Waals surface area (Å²) in [6.07, 6.45) is 0. The third-order valence-electron chi connectivity index (χ3n) is 5.29. The van der Waals surface area contributed by atoms with Crippen molar-refractivity contribution in [2.24, 2.45) is 5.16 Å². The maximum atomic E-state index is 5.65. The summed E-state index contributed by atoms with van der Waals surface area (Å²) in [6.45, 7) is 4.54. The molecule has 3 aromatic carbocycles. The third kappa shape index (κ3) is 4.53. The molecule has 0 atom stereocenters. The van der Waals surface area contributed by atoms with Crippen LogP contribution >= 0.6 is 0 Å². The van der Waals surface area contributed by atoms with Crippen molar-refractivity contribution in [1.82, 2.24) is 4.57 Å². The normalized spacial score (nSPS) is 11.4. The Hall–Kier alpha value is -3.79. The van der Waals surface area contributed by atoms with Crippen LogP contribution in [-0.2, 0) is 11.4 Å². The van der Waals surface area contributed by atoms with Gasteiger partial charge in [-0.1, -0.05) is 71.9 Å². The number of oxime groups is 1. The van der Waals surface area contributed by atoms with Gasteiger partial charge in [0.1, 0.15) is 12.4 Å². The molecule has 4 nitrogen and oxygen atoms in total. The minimum Gasteiger partial charge on any atom is -0.497 e. The average molecular weight is 411 g/mol. The number of ether oxygens (including phenoxy) is 1. The Morgan fingerprint density at radius 2 is 1.58 bits per heavy atom. The highest BCUT2D eigenvalue weighted by Crippen LogP contribution is 2.31. The second-order valence-electron chi connectivity index (χ2n) is 7.37. The molecule has 1 heterocycles. The van der Waals surface area contributed by atoms with Crippen LogP contribution in [0.2, 0.25) is 0 Å². The minimum atomic E-state index is 0.444. The fourth-order valence-corrected chi connectivity index (χ4v) is 3.70. The first-order valence-electron chi connectivity index (χ1n) is 10.3. The largest absolute Gasteiger partial charge is 0.497 e. The molecule has 0 aliphatic carbocycles. The van der Waals surface area contributed by atoms with Gasteiger partial charge in [-0.3, -0.25) is 0 Å². The fraction of sp³-hybridized carbons (Fsp3) is 0.148. The number of benzene rings is 3. The van der Waals surface area contributed by atoms with E-state index in [2.05, 4.69) is 53.0 Å². The van der Waals surface area contributed by atoms with Gasteiger partial charge in [0.05, 0.1) is 18.5 Å². The van der Waals surface area contributed by atoms with Gasteiger partial charge in [-0.15, -0.1) is 0 Å². The molecule has 4 aromatic rings. The van der Waals surface area contributed by atoms with Crippen LogP contribution in [0, 0.1) is 6.92 Å². The lowest BCUT2D eigenvalue weighted by Gasteiger charge is -2.13. The second kappa shape index (κ2) is 9.35. The summed E-state index contributed by atoms with van der Waals surface area (Å²) in [7, 11) is 1.69. The molecule has 31 heavy (non-hydrogen) atoms. The van der Waals surface area contributed by atoms with Gasteiger partial charge in [0.25, 0.3) is 0 Å². The van der Waals surface area contributed by atoms with Crippen molar-refractivity contribution >= 4 is 5.71 Å². The Labute approximate surface area is 183 Å². The smallest absolute Gasteiger partial charge is 0.142 e. The molecule has 156 valence electrons. The van der Waals surface area contributed by atoms with Crippen LogP contribution in [0.25, 0.3) is 16.9 Å². The van der Waals surface area contributed by atoms with Gasteiger partial charge in [-0.2, -0.15) is 0 Å². The molecule has 0 aliphatic heterocycles. The van der Waals surface area contributed by atoms with Gasteiger partial charge >= 0.3 is 0 Å². The molecule has 0 bridgehead atoms. The van der Waals surface area contributed by atoms with Crippen molar-refractivity contribution in [3.05, 3.63) is 108 Å². The van der Waals surface area contributed by atoms with Gasteiger partial charge in [0, 0.05) is 23.0 Å². The molecule has 0 N–H and O–H groups in total. The van der Waals surface area contributed by atoms with Crippen LogP contribution in [0.5, 0.6) is 5.75 Å². The van der Waals surface area contributed by atoms with Crippen LogP contribution in [0.15, 0.2) is 96.2 Å². The van der Waals surface area contributed by atoms with Crippen molar-refractivity contribution in [2.45, 2.75) is 20.5 Å². The molecule has 0 fully saturated rings. The number of hydrogen-bond acceptors (Lipinski definition) is 3. The van der Waals surface area contributed by atoms with E-state index in [9.17, 15) is 0 Å². The zero-order valence-corrected chi connectivity index (χ0v) is 18.1. The van der Waals surface area contributed by atoms with E-state index in [0.717, 1.165) is 45.2 Å². The monoisotopic (exact) mass is 410 g/mol. The van der Waals surface area contributed by atoms with Crippen molar-refractivity contribution < 1.29 is 9.57 Å². The van der Waals surface area contributed by atoms with Crippen molar-refractivity contribution in [1.29, 1.82) is 0 Å². The number of hydrogen-bond donors (Lipinski definition) is 0. The lowest BCUT2D eigenvalue weighted by atomic mass is 10.1. The summed E-state index contributed by atoms with van der Waals surface area (Å²) in [5.41, 5.74) is 7.35. The van der Waals surface area contributed by atoms with Crippen LogP contribution in [-0.4, -0.2) is 17.4 Å². The molecule has 1 aromatic heterocycles. The number of rotatable bonds is 7. The van der Waals surface area contributed by atoms with Crippen molar-refractivity contribution in [3.63, 3.8) is 0 Å². The summed E-state index contributed by atoms with van der Waals surface area (Å²) in [4.78, 5) is 5.65. The first-order chi connectivity index (χ1) is 15.2. The molecule has 0 unspecified atom stereocenters. The van der Waals surface area contributed by atoms with Gasteiger partial charge < -0.3 is 14.1 Å². The van der Waals surface area contributed by atoms with E-state index in [1.165, 1.54) is 0 Å². The fourth-order valence-electron chi connectivity index (χ4n) is 3.70. The van der Waals surface area contributed by atoms with Gasteiger partial charge in [-0.25, -0.2) is 0 Å². The zero-order valence-electron chi connectivity index (χ0n) is 18.1. The Morgan fingerprint density at radius 3 is 2.29 bits per heavy atom. The van der Waals surface area contributed by atoms with E-state index in [0.29, 0.717) is 6.61 Å². The Morgan fingerprint density at radius 1 is 0.871 bits per heavy atom. The summed E-state index contributed by atoms with van der Waals surface area (Å²) >= 11 is 0. The van der Waals surface area contributed by atoms with Gasteiger partial charge in [0.2, 0.25) is 0 Å². The highest BCUT2D eigenvalue weighted by Gasteiger charge is 2.17. The van der Waals surface area contributed by atoms with Crippen LogP contribution in [0.3, 0.4) is 0 Å². The number of aromatic nitrogens is 1. The molecular weight excluding hydrogens is 384 g/mol. The minimum absolute atomic E-state index is 0.444. The van der Waals surface area contributed by atoms with E-state index in [4.69, 9.17) is 9.57 Å². The lowest BCUT2D eigenvalue weighted by Crippen LogP contribution is -2.03. The molecular formula is C27H26N2O2. The lowest BCUT2D eigenvalue weighted by molar-refractivity contribution is 0.130. The number of nitrogens with zero attached hydrogens (tertiary/aromatic N) is 2. The Balaban J connectivity index is 1.73. The van der Waals surface area contributed by atoms with Crippen LogP contribution in [0.4, 0.5) is 0 Å². The summed E-state index contributed by atoms with van der Waals surface area (Å²) in [5, 5.41) is 4.40. The highest BCUT2D eigenvalue weighted by molar-refractivity contribution is 6.01. The summed E-state index contributed by atoms with van der Waals surface area (Å²) in [6, 6.07) is 30.7. The van der Waals surface area contributed by atoms with Crippen molar-refractivity contribution in [3.8, 4) is 22.7 Å². The summed E-state index contributed by atoms with van der Waals surface area (Å²) in [5.74, 6) is 0.822. The molecule has 0 amide bonds. The predicted octanol–water partition coefficient (Wildman–Crippen LogP) is 6.40. The van der Waals surface area contributed by atoms with Gasteiger partial charge in [-0.05, 0) is 43.2 Å². The van der Waals surface area contributed by atoms with Gasteiger partial charge in [0.15, 0.2) is 0 Å². The topological polar surface area (TPSA) is 35.8 Å². The SMILES string of the molecule is COc1cccc(-n2c(-c3ccccc3)cc(/C(C)=N/OCc3ccccc3)c2C)c1. The first-order valence-corrected chi connectivity index (χ1v) is 10.3.